The summed E-state index contributed by atoms with van der Waals surface area (Å²) in [5, 5.41) is 2.62. The lowest BCUT2D eigenvalue weighted by molar-refractivity contribution is -0.146. The van der Waals surface area contributed by atoms with E-state index in [1.54, 1.807) is 11.8 Å². The second-order valence-corrected chi connectivity index (χ2v) is 7.24. The molecular formula is C19H37NO4S. The first kappa shape index (κ1) is 24.1. The van der Waals surface area contributed by atoms with Crippen LogP contribution in [0.1, 0.15) is 78.1 Å². The summed E-state index contributed by atoms with van der Waals surface area (Å²) in [6.07, 6.45) is 12.4. The Morgan fingerprint density at radius 2 is 1.52 bits per heavy atom. The molecule has 1 N–H and O–H groups in total. The van der Waals surface area contributed by atoms with Crippen LogP contribution in [0.3, 0.4) is 0 Å². The highest BCUT2D eigenvalue weighted by molar-refractivity contribution is 7.98. The molecule has 0 bridgehead atoms. The van der Waals surface area contributed by atoms with Crippen molar-refractivity contribution in [2.75, 3.05) is 25.2 Å². The van der Waals surface area contributed by atoms with Crippen LogP contribution in [0.15, 0.2) is 0 Å². The fourth-order valence-corrected chi connectivity index (χ4v) is 2.84. The lowest BCUT2D eigenvalue weighted by Gasteiger charge is -2.17. The Kier molecular flexibility index (Phi) is 17.2. The number of amides is 1. The summed E-state index contributed by atoms with van der Waals surface area (Å²) in [5.74, 6) is 0.427. The molecular weight excluding hydrogens is 338 g/mol. The molecule has 1 unspecified atom stereocenters. The second kappa shape index (κ2) is 17.9. The average Bonchev–Trinajstić information content (AvgIpc) is 2.61. The van der Waals surface area contributed by atoms with Gasteiger partial charge in [-0.2, -0.15) is 11.8 Å². The first-order valence-electron chi connectivity index (χ1n) is 9.74. The Bertz CT molecular complexity index is 339. The average molecular weight is 376 g/mol. The van der Waals surface area contributed by atoms with E-state index < -0.39 is 12.1 Å². The summed E-state index contributed by atoms with van der Waals surface area (Å²) in [7, 11) is 0. The topological polar surface area (TPSA) is 64.6 Å². The van der Waals surface area contributed by atoms with Gasteiger partial charge in [0.2, 0.25) is 0 Å². The molecule has 1 atom stereocenters. The van der Waals surface area contributed by atoms with E-state index in [4.69, 9.17) is 9.47 Å². The standard InChI is InChI=1S/C19H37NO4S/c1-4-6-7-8-9-10-11-12-15-23-18(21)17(13-16-25-3)20-19(22)24-14-5-2/h17H,4-16H2,1-3H3,(H,20,22). The maximum absolute atomic E-state index is 12.2. The van der Waals surface area contributed by atoms with Gasteiger partial charge in [-0.1, -0.05) is 58.8 Å². The van der Waals surface area contributed by atoms with Crippen molar-refractivity contribution in [2.24, 2.45) is 0 Å². The summed E-state index contributed by atoms with van der Waals surface area (Å²) in [6.45, 7) is 4.93. The Morgan fingerprint density at radius 1 is 0.880 bits per heavy atom. The van der Waals surface area contributed by atoms with E-state index in [-0.39, 0.29) is 5.97 Å². The maximum Gasteiger partial charge on any atom is 0.407 e. The van der Waals surface area contributed by atoms with E-state index in [0.717, 1.165) is 25.0 Å². The van der Waals surface area contributed by atoms with Gasteiger partial charge in [-0.15, -0.1) is 0 Å². The summed E-state index contributed by atoms with van der Waals surface area (Å²) in [4.78, 5) is 23.8. The van der Waals surface area contributed by atoms with E-state index in [9.17, 15) is 9.59 Å². The molecule has 0 radical (unpaired) electrons. The number of unbranched alkanes of at least 4 members (excludes halogenated alkanes) is 7. The van der Waals surface area contributed by atoms with Gasteiger partial charge in [-0.25, -0.2) is 9.59 Å². The molecule has 0 saturated carbocycles. The van der Waals surface area contributed by atoms with E-state index in [2.05, 4.69) is 12.2 Å². The largest absolute Gasteiger partial charge is 0.464 e. The lowest BCUT2D eigenvalue weighted by Crippen LogP contribution is -2.42. The van der Waals surface area contributed by atoms with Gasteiger partial charge in [0.25, 0.3) is 0 Å². The van der Waals surface area contributed by atoms with Crippen LogP contribution in [0, 0.1) is 0 Å². The van der Waals surface area contributed by atoms with E-state index >= 15 is 0 Å². The quantitative estimate of drug-likeness (QED) is 0.306. The molecule has 148 valence electrons. The number of nitrogens with one attached hydrogen (secondary N) is 1. The molecule has 0 aromatic heterocycles. The van der Waals surface area contributed by atoms with Gasteiger partial charge < -0.3 is 14.8 Å². The van der Waals surface area contributed by atoms with Crippen molar-refractivity contribution in [3.05, 3.63) is 0 Å². The highest BCUT2D eigenvalue weighted by Crippen LogP contribution is 2.09. The number of carbonyl (C=O) groups excluding carboxylic acids is 2. The van der Waals surface area contributed by atoms with Gasteiger partial charge in [-0.3, -0.25) is 0 Å². The molecule has 0 aliphatic rings. The summed E-state index contributed by atoms with van der Waals surface area (Å²) >= 11 is 1.64. The fourth-order valence-electron chi connectivity index (χ4n) is 2.37. The number of alkyl carbamates (subject to hydrolysis) is 1. The van der Waals surface area contributed by atoms with Crippen LogP contribution in [-0.2, 0) is 14.3 Å². The van der Waals surface area contributed by atoms with Crippen LogP contribution in [0.4, 0.5) is 4.79 Å². The van der Waals surface area contributed by atoms with Crippen LogP contribution < -0.4 is 5.32 Å². The number of esters is 1. The zero-order valence-corrected chi connectivity index (χ0v) is 17.1. The van der Waals surface area contributed by atoms with Crippen molar-refractivity contribution in [2.45, 2.75) is 84.1 Å². The Labute approximate surface area is 158 Å². The zero-order valence-electron chi connectivity index (χ0n) is 16.3. The monoisotopic (exact) mass is 375 g/mol. The number of thioether (sulfide) groups is 1. The first-order valence-corrected chi connectivity index (χ1v) is 11.1. The number of rotatable bonds is 16. The third-order valence-corrected chi connectivity index (χ3v) is 4.51. The van der Waals surface area contributed by atoms with Gasteiger partial charge in [0.1, 0.15) is 6.04 Å². The zero-order chi connectivity index (χ0) is 18.8. The van der Waals surface area contributed by atoms with Gasteiger partial charge in [-0.05, 0) is 31.3 Å². The van der Waals surface area contributed by atoms with Crippen LogP contribution >= 0.6 is 11.8 Å². The third-order valence-electron chi connectivity index (χ3n) is 3.87. The molecule has 0 rings (SSSR count). The predicted octanol–water partition coefficient (Wildman–Crippen LogP) is 4.93. The minimum atomic E-state index is -0.620. The molecule has 1 amide bonds. The van der Waals surface area contributed by atoms with E-state index in [1.807, 2.05) is 13.2 Å². The SMILES string of the molecule is CCCCCCCCCCOC(=O)C(CCSC)NC(=O)OCCC. The van der Waals surface area contributed by atoms with Crippen molar-refractivity contribution in [1.29, 1.82) is 0 Å². The van der Waals surface area contributed by atoms with Gasteiger partial charge in [0, 0.05) is 0 Å². The molecule has 6 heteroatoms. The van der Waals surface area contributed by atoms with Gasteiger partial charge in [0.15, 0.2) is 0 Å². The fraction of sp³-hybridized carbons (Fsp3) is 0.895. The molecule has 0 spiro atoms. The molecule has 0 aliphatic carbocycles. The van der Waals surface area contributed by atoms with Crippen molar-refractivity contribution in [1.82, 2.24) is 5.32 Å². The third kappa shape index (κ3) is 15.1. The van der Waals surface area contributed by atoms with E-state index in [0.29, 0.717) is 19.6 Å². The predicted molar refractivity (Wildman–Crippen MR) is 105 cm³/mol. The molecule has 0 saturated heterocycles. The van der Waals surface area contributed by atoms with Gasteiger partial charge in [0.05, 0.1) is 13.2 Å². The highest BCUT2D eigenvalue weighted by atomic mass is 32.2. The summed E-state index contributed by atoms with van der Waals surface area (Å²) < 4.78 is 10.3. The minimum absolute atomic E-state index is 0.356. The smallest absolute Gasteiger partial charge is 0.407 e. The Balaban J connectivity index is 3.91. The normalized spacial score (nSPS) is 11.8. The van der Waals surface area contributed by atoms with Crippen molar-refractivity contribution in [3.8, 4) is 0 Å². The molecule has 0 heterocycles. The number of hydrogen-bond acceptors (Lipinski definition) is 5. The van der Waals surface area contributed by atoms with Crippen LogP contribution in [-0.4, -0.2) is 43.3 Å². The van der Waals surface area contributed by atoms with Crippen LogP contribution in [0.25, 0.3) is 0 Å². The minimum Gasteiger partial charge on any atom is -0.464 e. The molecule has 0 aliphatic heterocycles. The molecule has 0 fully saturated rings. The summed E-state index contributed by atoms with van der Waals surface area (Å²) in [5.41, 5.74) is 0. The first-order chi connectivity index (χ1) is 12.2. The van der Waals surface area contributed by atoms with Gasteiger partial charge >= 0.3 is 12.1 Å². The Hall–Kier alpha value is -0.910. The molecule has 0 aromatic rings. The van der Waals surface area contributed by atoms with Crippen LogP contribution in [0.5, 0.6) is 0 Å². The number of hydrogen-bond donors (Lipinski definition) is 1. The summed E-state index contributed by atoms with van der Waals surface area (Å²) in [6, 6.07) is -0.620. The van der Waals surface area contributed by atoms with Crippen LogP contribution in [0.2, 0.25) is 0 Å². The van der Waals surface area contributed by atoms with Crippen molar-refractivity contribution >= 4 is 23.8 Å². The maximum atomic E-state index is 12.2. The second-order valence-electron chi connectivity index (χ2n) is 6.26. The number of carbonyl (C=O) groups is 2. The van der Waals surface area contributed by atoms with Crippen molar-refractivity contribution in [3.63, 3.8) is 0 Å². The Morgan fingerprint density at radius 3 is 2.12 bits per heavy atom. The molecule has 5 nitrogen and oxygen atoms in total. The molecule has 25 heavy (non-hydrogen) atoms. The van der Waals surface area contributed by atoms with E-state index in [1.165, 1.54) is 38.5 Å². The molecule has 0 aromatic carbocycles. The lowest BCUT2D eigenvalue weighted by atomic mass is 10.1. The van der Waals surface area contributed by atoms with Crippen molar-refractivity contribution < 1.29 is 19.1 Å². The highest BCUT2D eigenvalue weighted by Gasteiger charge is 2.22. The number of ether oxygens (including phenoxy) is 2.